The summed E-state index contributed by atoms with van der Waals surface area (Å²) in [6, 6.07) is 11.1. The number of rotatable bonds is 4. The number of amides is 1. The molecule has 2 aromatic carbocycles. The van der Waals surface area contributed by atoms with Gasteiger partial charge in [0.15, 0.2) is 23.0 Å². The Kier molecular flexibility index (Phi) is 3.70. The Labute approximate surface area is 138 Å². The highest BCUT2D eigenvalue weighted by Gasteiger charge is 2.14. The van der Waals surface area contributed by atoms with Crippen molar-refractivity contribution in [3.05, 3.63) is 53.6 Å². The van der Waals surface area contributed by atoms with Crippen LogP contribution in [-0.4, -0.2) is 19.5 Å². The number of nitrogens with one attached hydrogen (secondary N) is 1. The largest absolute Gasteiger partial charge is 0.454 e. The molecule has 1 N–H and O–H groups in total. The molecule has 6 heteroatoms. The van der Waals surface area contributed by atoms with Crippen LogP contribution in [0.4, 0.5) is 0 Å². The number of benzene rings is 2. The molecular weight excluding hydrogens is 310 g/mol. The Balaban J connectivity index is 1.35. The molecule has 0 bridgehead atoms. The minimum Gasteiger partial charge on any atom is -0.454 e. The molecular formula is C18H15NO5. The first-order valence-corrected chi connectivity index (χ1v) is 7.52. The first-order chi connectivity index (χ1) is 11.8. The number of fused-ring (bicyclic) bond motifs is 2. The van der Waals surface area contributed by atoms with Gasteiger partial charge in [-0.2, -0.15) is 0 Å². The second kappa shape index (κ2) is 6.16. The Bertz CT molecular complexity index is 815. The van der Waals surface area contributed by atoms with Crippen molar-refractivity contribution in [2.75, 3.05) is 13.6 Å². The van der Waals surface area contributed by atoms with Crippen molar-refractivity contribution >= 4 is 12.0 Å². The van der Waals surface area contributed by atoms with Gasteiger partial charge in [0.2, 0.25) is 19.5 Å². The Morgan fingerprint density at radius 3 is 2.38 bits per heavy atom. The van der Waals surface area contributed by atoms with Crippen LogP contribution >= 0.6 is 0 Å². The molecule has 0 aromatic heterocycles. The van der Waals surface area contributed by atoms with Crippen LogP contribution in [0, 0.1) is 0 Å². The molecule has 0 fully saturated rings. The number of carbonyl (C=O) groups excluding carboxylic acids is 1. The fourth-order valence-corrected chi connectivity index (χ4v) is 2.49. The van der Waals surface area contributed by atoms with Crippen molar-refractivity contribution in [1.29, 1.82) is 0 Å². The van der Waals surface area contributed by atoms with E-state index in [4.69, 9.17) is 18.9 Å². The topological polar surface area (TPSA) is 66.0 Å². The minimum atomic E-state index is -0.176. The van der Waals surface area contributed by atoms with Gasteiger partial charge in [-0.05, 0) is 41.5 Å². The summed E-state index contributed by atoms with van der Waals surface area (Å²) in [5, 5.41) is 2.83. The summed E-state index contributed by atoms with van der Waals surface area (Å²) < 4.78 is 21.1. The van der Waals surface area contributed by atoms with Crippen molar-refractivity contribution in [1.82, 2.24) is 5.32 Å². The normalized spacial score (nSPS) is 14.2. The van der Waals surface area contributed by atoms with E-state index in [9.17, 15) is 4.79 Å². The van der Waals surface area contributed by atoms with Crippen LogP contribution in [0.3, 0.4) is 0 Å². The van der Waals surface area contributed by atoms with Crippen molar-refractivity contribution in [2.24, 2.45) is 0 Å². The molecule has 2 aromatic rings. The third kappa shape index (κ3) is 2.99. The second-order valence-corrected chi connectivity index (χ2v) is 5.35. The highest BCUT2D eigenvalue weighted by molar-refractivity contribution is 5.91. The highest BCUT2D eigenvalue weighted by atomic mass is 16.7. The Morgan fingerprint density at radius 2 is 1.58 bits per heavy atom. The highest BCUT2D eigenvalue weighted by Crippen LogP contribution is 2.33. The zero-order chi connectivity index (χ0) is 16.4. The lowest BCUT2D eigenvalue weighted by atomic mass is 10.2. The smallest absolute Gasteiger partial charge is 0.244 e. The Morgan fingerprint density at radius 1 is 0.917 bits per heavy atom. The van der Waals surface area contributed by atoms with E-state index in [0.717, 1.165) is 22.6 Å². The molecule has 0 atom stereocenters. The lowest BCUT2D eigenvalue weighted by Gasteiger charge is -2.04. The molecule has 1 amide bonds. The van der Waals surface area contributed by atoms with Crippen LogP contribution in [-0.2, 0) is 11.3 Å². The van der Waals surface area contributed by atoms with Gasteiger partial charge in [-0.1, -0.05) is 12.1 Å². The van der Waals surface area contributed by atoms with Gasteiger partial charge in [-0.25, -0.2) is 0 Å². The number of hydrogen-bond acceptors (Lipinski definition) is 5. The maximum atomic E-state index is 11.9. The monoisotopic (exact) mass is 325 g/mol. The molecule has 4 rings (SSSR count). The van der Waals surface area contributed by atoms with Crippen LogP contribution in [0.1, 0.15) is 11.1 Å². The van der Waals surface area contributed by atoms with E-state index in [2.05, 4.69) is 5.32 Å². The molecule has 24 heavy (non-hydrogen) atoms. The fourth-order valence-electron chi connectivity index (χ4n) is 2.49. The minimum absolute atomic E-state index is 0.176. The van der Waals surface area contributed by atoms with Crippen molar-refractivity contribution in [2.45, 2.75) is 6.54 Å². The Hall–Kier alpha value is -3.15. The summed E-state index contributed by atoms with van der Waals surface area (Å²) in [6.07, 6.45) is 3.22. The second-order valence-electron chi connectivity index (χ2n) is 5.35. The van der Waals surface area contributed by atoms with E-state index in [0.29, 0.717) is 18.0 Å². The van der Waals surface area contributed by atoms with Crippen LogP contribution in [0.5, 0.6) is 23.0 Å². The number of ether oxygens (including phenoxy) is 4. The maximum absolute atomic E-state index is 11.9. The molecule has 6 nitrogen and oxygen atoms in total. The molecule has 2 aliphatic rings. The van der Waals surface area contributed by atoms with Crippen molar-refractivity contribution in [3.63, 3.8) is 0 Å². The van der Waals surface area contributed by atoms with Crippen LogP contribution in [0.25, 0.3) is 6.08 Å². The van der Waals surface area contributed by atoms with Gasteiger partial charge in [-0.15, -0.1) is 0 Å². The molecule has 0 spiro atoms. The molecule has 2 aliphatic heterocycles. The predicted octanol–water partition coefficient (Wildman–Crippen LogP) is 2.47. The average molecular weight is 325 g/mol. The SMILES string of the molecule is O=C(/C=C/c1ccc2c(c1)OCO2)NCc1ccc2c(c1)OCO2. The fraction of sp³-hybridized carbons (Fsp3) is 0.167. The van der Waals surface area contributed by atoms with Gasteiger partial charge in [0.25, 0.3) is 0 Å². The summed E-state index contributed by atoms with van der Waals surface area (Å²) in [6.45, 7) is 0.892. The van der Waals surface area contributed by atoms with Crippen LogP contribution < -0.4 is 24.3 Å². The summed E-state index contributed by atoms with van der Waals surface area (Å²) in [5.41, 5.74) is 1.82. The molecule has 2 heterocycles. The summed E-state index contributed by atoms with van der Waals surface area (Å²) in [5.74, 6) is 2.67. The first-order valence-electron chi connectivity index (χ1n) is 7.52. The number of hydrogen-bond donors (Lipinski definition) is 1. The third-order valence-electron chi connectivity index (χ3n) is 3.73. The molecule has 122 valence electrons. The van der Waals surface area contributed by atoms with Crippen molar-refractivity contribution < 1.29 is 23.7 Å². The van der Waals surface area contributed by atoms with Gasteiger partial charge in [0.1, 0.15) is 0 Å². The molecule has 0 saturated heterocycles. The summed E-state index contributed by atoms with van der Waals surface area (Å²) >= 11 is 0. The molecule has 0 aliphatic carbocycles. The van der Waals surface area contributed by atoms with Gasteiger partial charge < -0.3 is 24.3 Å². The zero-order valence-corrected chi connectivity index (χ0v) is 12.8. The van der Waals surface area contributed by atoms with Gasteiger partial charge in [0, 0.05) is 12.6 Å². The third-order valence-corrected chi connectivity index (χ3v) is 3.73. The van der Waals surface area contributed by atoms with E-state index in [1.807, 2.05) is 36.4 Å². The molecule has 0 radical (unpaired) electrons. The summed E-state index contributed by atoms with van der Waals surface area (Å²) in [4.78, 5) is 11.9. The van der Waals surface area contributed by atoms with E-state index in [1.165, 1.54) is 6.08 Å². The van der Waals surface area contributed by atoms with Gasteiger partial charge in [0.05, 0.1) is 0 Å². The predicted molar refractivity (Wildman–Crippen MR) is 86.0 cm³/mol. The lowest BCUT2D eigenvalue weighted by Crippen LogP contribution is -2.20. The van der Waals surface area contributed by atoms with E-state index in [1.54, 1.807) is 6.08 Å². The first kappa shape index (κ1) is 14.4. The van der Waals surface area contributed by atoms with E-state index >= 15 is 0 Å². The maximum Gasteiger partial charge on any atom is 0.244 e. The molecule has 0 unspecified atom stereocenters. The number of carbonyl (C=O) groups is 1. The van der Waals surface area contributed by atoms with Crippen molar-refractivity contribution in [3.8, 4) is 23.0 Å². The lowest BCUT2D eigenvalue weighted by molar-refractivity contribution is -0.116. The van der Waals surface area contributed by atoms with E-state index < -0.39 is 0 Å². The van der Waals surface area contributed by atoms with Crippen LogP contribution in [0.2, 0.25) is 0 Å². The van der Waals surface area contributed by atoms with Gasteiger partial charge in [-0.3, -0.25) is 4.79 Å². The zero-order valence-electron chi connectivity index (χ0n) is 12.8. The summed E-state index contributed by atoms with van der Waals surface area (Å²) in [7, 11) is 0. The quantitative estimate of drug-likeness (QED) is 0.875. The van der Waals surface area contributed by atoms with Gasteiger partial charge >= 0.3 is 0 Å². The van der Waals surface area contributed by atoms with E-state index in [-0.39, 0.29) is 19.5 Å². The average Bonchev–Trinajstić information content (AvgIpc) is 3.25. The molecule has 0 saturated carbocycles. The van der Waals surface area contributed by atoms with Crippen LogP contribution in [0.15, 0.2) is 42.5 Å². The standard InChI is InChI=1S/C18H15NO5/c20-18(6-3-12-1-4-14-16(7-12)23-10-21-14)19-9-13-2-5-15-17(8-13)24-11-22-15/h1-8H,9-11H2,(H,19,20)/b6-3+.